The van der Waals surface area contributed by atoms with Gasteiger partial charge in [0.2, 0.25) is 0 Å². The highest BCUT2D eigenvalue weighted by Gasteiger charge is 2.20. The number of Topliss-reactive ketones (excluding diaryl/α,β-unsaturated/α-hetero) is 1. The molecule has 3 nitrogen and oxygen atoms in total. The fourth-order valence-corrected chi connectivity index (χ4v) is 1.10. The molecule has 0 aromatic heterocycles. The minimum Gasteiger partial charge on any atom is -0.297 e. The zero-order chi connectivity index (χ0) is 6.69. The Bertz CT molecular complexity index is 133. The van der Waals surface area contributed by atoms with Crippen molar-refractivity contribution in [2.75, 3.05) is 0 Å². The Labute approximate surface area is 54.0 Å². The van der Waals surface area contributed by atoms with Crippen molar-refractivity contribution in [2.24, 2.45) is 5.11 Å². The minimum atomic E-state index is -0.293. The monoisotopic (exact) mass is 126 g/mol. The molecule has 9 heavy (non-hydrogen) atoms. The molecular formula is C6H10N2O. The number of hydrogen-bond acceptors (Lipinski definition) is 3. The summed E-state index contributed by atoms with van der Waals surface area (Å²) in [5, 5.41) is 3.23. The van der Waals surface area contributed by atoms with E-state index < -0.39 is 0 Å². The lowest BCUT2D eigenvalue weighted by Gasteiger charge is -2.13. The van der Waals surface area contributed by atoms with Crippen LogP contribution >= 0.6 is 0 Å². The second-order valence-corrected chi connectivity index (χ2v) is 2.36. The predicted octanol–water partition coefficient (Wildman–Crippen LogP) is 1.53. The summed E-state index contributed by atoms with van der Waals surface area (Å²) in [5.41, 5.74) is 6.63. The summed E-state index contributed by atoms with van der Waals surface area (Å²) in [4.78, 5) is 10.8. The van der Waals surface area contributed by atoms with Crippen molar-refractivity contribution in [3.63, 3.8) is 0 Å². The molecule has 1 unspecified atom stereocenters. The molecule has 0 aliphatic heterocycles. The van der Waals surface area contributed by atoms with Gasteiger partial charge in [-0.05, 0) is 12.8 Å². The number of carbonyl (C=O) groups is 1. The number of rotatable bonds is 1. The van der Waals surface area contributed by atoms with Crippen LogP contribution in [0.15, 0.2) is 5.11 Å². The third-order valence-electron chi connectivity index (χ3n) is 1.68. The molecule has 1 aliphatic carbocycles. The van der Waals surface area contributed by atoms with Gasteiger partial charge in [-0.15, -0.1) is 0 Å². The van der Waals surface area contributed by atoms with Crippen LogP contribution in [0.3, 0.4) is 0 Å². The van der Waals surface area contributed by atoms with Gasteiger partial charge in [0.15, 0.2) is 5.78 Å². The van der Waals surface area contributed by atoms with Gasteiger partial charge >= 0.3 is 0 Å². The first kappa shape index (κ1) is 6.39. The van der Waals surface area contributed by atoms with Crippen LogP contribution in [0.25, 0.3) is 0 Å². The third kappa shape index (κ3) is 1.34. The van der Waals surface area contributed by atoms with E-state index in [1.165, 1.54) is 0 Å². The van der Waals surface area contributed by atoms with Crippen LogP contribution in [0.2, 0.25) is 0 Å². The van der Waals surface area contributed by atoms with Gasteiger partial charge in [-0.2, -0.15) is 5.11 Å². The Balaban J connectivity index is 2.48. The minimum absolute atomic E-state index is 0.149. The van der Waals surface area contributed by atoms with Gasteiger partial charge in [-0.25, -0.2) is 5.53 Å². The van der Waals surface area contributed by atoms with Crippen LogP contribution in [0, 0.1) is 5.53 Å². The predicted molar refractivity (Wildman–Crippen MR) is 32.4 cm³/mol. The molecular weight excluding hydrogens is 116 g/mol. The topological polar surface area (TPSA) is 53.3 Å². The van der Waals surface area contributed by atoms with Crippen LogP contribution < -0.4 is 0 Å². The van der Waals surface area contributed by atoms with Crippen molar-refractivity contribution in [1.29, 1.82) is 5.53 Å². The molecule has 0 bridgehead atoms. The van der Waals surface area contributed by atoms with E-state index in [-0.39, 0.29) is 11.8 Å². The largest absolute Gasteiger partial charge is 0.297 e. The molecule has 50 valence electrons. The SMILES string of the molecule is N=NC1CCCCC1=O. The lowest BCUT2D eigenvalue weighted by atomic mass is 9.95. The lowest BCUT2D eigenvalue weighted by molar-refractivity contribution is -0.121. The molecule has 1 atom stereocenters. The van der Waals surface area contributed by atoms with Crippen molar-refractivity contribution < 1.29 is 4.79 Å². The van der Waals surface area contributed by atoms with E-state index in [1.807, 2.05) is 0 Å². The van der Waals surface area contributed by atoms with Gasteiger partial charge in [0.25, 0.3) is 0 Å². The quantitative estimate of drug-likeness (QED) is 0.532. The lowest BCUT2D eigenvalue weighted by Crippen LogP contribution is -2.21. The fraction of sp³-hybridized carbons (Fsp3) is 0.833. The van der Waals surface area contributed by atoms with Crippen molar-refractivity contribution in [2.45, 2.75) is 31.7 Å². The third-order valence-corrected chi connectivity index (χ3v) is 1.68. The first-order valence-corrected chi connectivity index (χ1v) is 3.24. The average molecular weight is 126 g/mol. The number of nitrogens with one attached hydrogen (secondary N) is 1. The second kappa shape index (κ2) is 2.71. The van der Waals surface area contributed by atoms with E-state index in [0.717, 1.165) is 19.3 Å². The highest BCUT2D eigenvalue weighted by Crippen LogP contribution is 2.16. The molecule has 3 heteroatoms. The zero-order valence-electron chi connectivity index (χ0n) is 5.26. The maximum atomic E-state index is 10.8. The van der Waals surface area contributed by atoms with Crippen molar-refractivity contribution in [3.8, 4) is 0 Å². The standard InChI is InChI=1S/C6H10N2O/c7-8-5-3-1-2-4-6(5)9/h5,7H,1-4H2. The molecule has 0 radical (unpaired) electrons. The normalized spacial score (nSPS) is 28.0. The molecule has 0 aromatic carbocycles. The fourth-order valence-electron chi connectivity index (χ4n) is 1.10. The molecule has 1 fully saturated rings. The Kier molecular flexibility index (Phi) is 1.92. The Morgan fingerprint density at radius 2 is 2.33 bits per heavy atom. The highest BCUT2D eigenvalue weighted by molar-refractivity contribution is 5.84. The second-order valence-electron chi connectivity index (χ2n) is 2.36. The van der Waals surface area contributed by atoms with Gasteiger partial charge in [-0.1, -0.05) is 6.42 Å². The van der Waals surface area contributed by atoms with Crippen LogP contribution in [0.5, 0.6) is 0 Å². The summed E-state index contributed by atoms with van der Waals surface area (Å²) >= 11 is 0. The van der Waals surface area contributed by atoms with Crippen LogP contribution in [0.1, 0.15) is 25.7 Å². The molecule has 1 aliphatic rings. The van der Waals surface area contributed by atoms with E-state index >= 15 is 0 Å². The summed E-state index contributed by atoms with van der Waals surface area (Å²) < 4.78 is 0. The van der Waals surface area contributed by atoms with Crippen LogP contribution in [-0.4, -0.2) is 11.8 Å². The number of ketones is 1. The first-order chi connectivity index (χ1) is 4.34. The molecule has 0 amide bonds. The van der Waals surface area contributed by atoms with Gasteiger partial charge in [0.05, 0.1) is 0 Å². The summed E-state index contributed by atoms with van der Waals surface area (Å²) in [7, 11) is 0. The first-order valence-electron chi connectivity index (χ1n) is 3.24. The molecule has 0 saturated heterocycles. The van der Waals surface area contributed by atoms with Crippen LogP contribution in [-0.2, 0) is 4.79 Å². The van der Waals surface area contributed by atoms with Crippen molar-refractivity contribution in [1.82, 2.24) is 0 Å². The Morgan fingerprint density at radius 3 is 2.78 bits per heavy atom. The number of nitrogens with zero attached hydrogens (tertiary/aromatic N) is 1. The van der Waals surface area contributed by atoms with Crippen molar-refractivity contribution >= 4 is 5.78 Å². The molecule has 0 aromatic rings. The number of carbonyl (C=O) groups excluding carboxylic acids is 1. The maximum Gasteiger partial charge on any atom is 0.159 e. The molecule has 0 spiro atoms. The average Bonchev–Trinajstić information content (AvgIpc) is 1.89. The van der Waals surface area contributed by atoms with Crippen molar-refractivity contribution in [3.05, 3.63) is 0 Å². The smallest absolute Gasteiger partial charge is 0.159 e. The van der Waals surface area contributed by atoms with Gasteiger partial charge in [0.1, 0.15) is 6.04 Å². The summed E-state index contributed by atoms with van der Waals surface area (Å²) in [6, 6.07) is -0.293. The van der Waals surface area contributed by atoms with Gasteiger partial charge < -0.3 is 0 Å². The Morgan fingerprint density at radius 1 is 1.56 bits per heavy atom. The molecule has 1 N–H and O–H groups in total. The summed E-state index contributed by atoms with van der Waals surface area (Å²) in [5.74, 6) is 0.149. The zero-order valence-corrected chi connectivity index (χ0v) is 5.26. The Hall–Kier alpha value is -0.730. The van der Waals surface area contributed by atoms with E-state index in [2.05, 4.69) is 5.11 Å². The molecule has 1 saturated carbocycles. The maximum absolute atomic E-state index is 10.8. The van der Waals surface area contributed by atoms with E-state index in [0.29, 0.717) is 6.42 Å². The highest BCUT2D eigenvalue weighted by atomic mass is 16.1. The summed E-state index contributed by atoms with van der Waals surface area (Å²) in [6.45, 7) is 0. The van der Waals surface area contributed by atoms with Crippen LogP contribution in [0.4, 0.5) is 0 Å². The van der Waals surface area contributed by atoms with E-state index in [9.17, 15) is 4.79 Å². The molecule has 0 heterocycles. The van der Waals surface area contributed by atoms with E-state index in [4.69, 9.17) is 5.53 Å². The van der Waals surface area contributed by atoms with E-state index in [1.54, 1.807) is 0 Å². The molecule has 1 rings (SSSR count). The summed E-state index contributed by atoms with van der Waals surface area (Å²) in [6.07, 6.45) is 3.47. The van der Waals surface area contributed by atoms with Gasteiger partial charge in [0, 0.05) is 6.42 Å². The van der Waals surface area contributed by atoms with Gasteiger partial charge in [-0.3, -0.25) is 4.79 Å². The number of hydrogen-bond donors (Lipinski definition) is 1.